The van der Waals surface area contributed by atoms with Crippen molar-refractivity contribution in [2.75, 3.05) is 0 Å². The van der Waals surface area contributed by atoms with Crippen molar-refractivity contribution in [3.63, 3.8) is 0 Å². The fourth-order valence-electron chi connectivity index (χ4n) is 3.81. The Hall–Kier alpha value is -1.83. The number of unbranched alkanes of at least 4 members (excludes halogenated alkanes) is 2. The van der Waals surface area contributed by atoms with Gasteiger partial charge >= 0.3 is 5.97 Å². The van der Waals surface area contributed by atoms with Crippen LogP contribution in [0.1, 0.15) is 75.3 Å². The number of carboxylic acids is 1. The minimum Gasteiger partial charge on any atom is -0.478 e. The molecule has 1 aromatic rings. The third-order valence-electron chi connectivity index (χ3n) is 5.35. The highest BCUT2D eigenvalue weighted by atomic mass is 16.4. The molecule has 0 bridgehead atoms. The standard InChI is InChI=1S/C23H32O2/c1-2-3-5-8-19-11-15-21(16-12-19)22-17-13-20(14-18-22)9-6-4-7-10-23(24)25/h4,6-7,10,13-14,17-19,21H,2-3,5,8-9,11-12,15-16H2,1H3,(H,24,25)/b6-4+,10-7+/t19-,21-. The first kappa shape index (κ1) is 19.5. The number of hydrogen-bond donors (Lipinski definition) is 1. The number of hydrogen-bond acceptors (Lipinski definition) is 1. The van der Waals surface area contributed by atoms with Gasteiger partial charge in [0, 0.05) is 6.08 Å². The van der Waals surface area contributed by atoms with Crippen LogP contribution in [0.25, 0.3) is 0 Å². The zero-order valence-electron chi connectivity index (χ0n) is 15.5. The smallest absolute Gasteiger partial charge is 0.328 e. The molecule has 0 aromatic heterocycles. The summed E-state index contributed by atoms with van der Waals surface area (Å²) in [7, 11) is 0. The zero-order chi connectivity index (χ0) is 17.9. The highest BCUT2D eigenvalue weighted by Crippen LogP contribution is 2.37. The fraction of sp³-hybridized carbons (Fsp3) is 0.522. The Bertz CT molecular complexity index is 560. The van der Waals surface area contributed by atoms with Gasteiger partial charge in [0.05, 0.1) is 0 Å². The van der Waals surface area contributed by atoms with Gasteiger partial charge in [-0.05, 0) is 55.1 Å². The average Bonchev–Trinajstić information content (AvgIpc) is 2.63. The Morgan fingerprint density at radius 2 is 1.80 bits per heavy atom. The van der Waals surface area contributed by atoms with Crippen molar-refractivity contribution in [3.05, 3.63) is 59.7 Å². The SMILES string of the molecule is CCCCC[C@H]1CC[C@H](c2ccc(C/C=C/C=C/C(=O)O)cc2)CC1. The van der Waals surface area contributed by atoms with Gasteiger partial charge in [-0.15, -0.1) is 0 Å². The molecule has 2 rings (SSSR count). The van der Waals surface area contributed by atoms with Gasteiger partial charge in [-0.25, -0.2) is 4.79 Å². The third-order valence-corrected chi connectivity index (χ3v) is 5.35. The van der Waals surface area contributed by atoms with Crippen LogP contribution in [-0.4, -0.2) is 11.1 Å². The normalized spacial score (nSPS) is 21.2. The van der Waals surface area contributed by atoms with E-state index in [1.807, 2.05) is 6.08 Å². The van der Waals surface area contributed by atoms with E-state index in [2.05, 4.69) is 31.2 Å². The van der Waals surface area contributed by atoms with E-state index in [0.717, 1.165) is 24.3 Å². The van der Waals surface area contributed by atoms with Crippen LogP contribution < -0.4 is 0 Å². The van der Waals surface area contributed by atoms with Crippen molar-refractivity contribution in [3.8, 4) is 0 Å². The van der Waals surface area contributed by atoms with E-state index >= 15 is 0 Å². The Kier molecular flexibility index (Phi) is 8.51. The first-order valence-corrected chi connectivity index (χ1v) is 9.84. The van der Waals surface area contributed by atoms with E-state index < -0.39 is 5.97 Å². The van der Waals surface area contributed by atoms with Gasteiger partial charge in [0.2, 0.25) is 0 Å². The van der Waals surface area contributed by atoms with Gasteiger partial charge in [0.1, 0.15) is 0 Å². The zero-order valence-corrected chi connectivity index (χ0v) is 15.5. The maximum absolute atomic E-state index is 10.4. The largest absolute Gasteiger partial charge is 0.478 e. The second-order valence-electron chi connectivity index (χ2n) is 7.28. The third kappa shape index (κ3) is 7.29. The molecule has 0 saturated heterocycles. The maximum Gasteiger partial charge on any atom is 0.328 e. The minimum absolute atomic E-state index is 0.741. The molecule has 1 aromatic carbocycles. The van der Waals surface area contributed by atoms with E-state index in [4.69, 9.17) is 5.11 Å². The van der Waals surface area contributed by atoms with Gasteiger partial charge in [-0.2, -0.15) is 0 Å². The second kappa shape index (κ2) is 10.9. The predicted molar refractivity (Wildman–Crippen MR) is 105 cm³/mol. The summed E-state index contributed by atoms with van der Waals surface area (Å²) in [5.41, 5.74) is 2.77. The van der Waals surface area contributed by atoms with E-state index in [0.29, 0.717) is 0 Å². The molecule has 1 saturated carbocycles. The van der Waals surface area contributed by atoms with E-state index in [-0.39, 0.29) is 0 Å². The average molecular weight is 341 g/mol. The Morgan fingerprint density at radius 1 is 1.08 bits per heavy atom. The fourth-order valence-corrected chi connectivity index (χ4v) is 3.81. The highest BCUT2D eigenvalue weighted by Gasteiger charge is 2.21. The number of benzene rings is 1. The molecule has 136 valence electrons. The van der Waals surface area contributed by atoms with Crippen molar-refractivity contribution in [2.45, 2.75) is 70.6 Å². The molecule has 1 N–H and O–H groups in total. The van der Waals surface area contributed by atoms with Gasteiger partial charge < -0.3 is 5.11 Å². The summed E-state index contributed by atoms with van der Waals surface area (Å²) < 4.78 is 0. The van der Waals surface area contributed by atoms with Crippen LogP contribution in [0.5, 0.6) is 0 Å². The van der Waals surface area contributed by atoms with Crippen LogP contribution in [0, 0.1) is 5.92 Å². The first-order chi connectivity index (χ1) is 12.2. The molecular weight excluding hydrogens is 308 g/mol. The molecule has 0 amide bonds. The van der Waals surface area contributed by atoms with E-state index in [9.17, 15) is 4.79 Å². The van der Waals surface area contributed by atoms with E-state index in [1.165, 1.54) is 62.5 Å². The molecule has 2 nitrogen and oxygen atoms in total. The lowest BCUT2D eigenvalue weighted by atomic mass is 9.77. The molecule has 0 atom stereocenters. The molecule has 2 heteroatoms. The van der Waals surface area contributed by atoms with Crippen LogP contribution >= 0.6 is 0 Å². The summed E-state index contributed by atoms with van der Waals surface area (Å²) >= 11 is 0. The van der Waals surface area contributed by atoms with Crippen molar-refractivity contribution in [2.24, 2.45) is 5.92 Å². The monoisotopic (exact) mass is 340 g/mol. The Labute approximate surface area is 152 Å². The predicted octanol–water partition coefficient (Wildman–Crippen LogP) is 6.28. The molecule has 0 heterocycles. The maximum atomic E-state index is 10.4. The van der Waals surface area contributed by atoms with Crippen molar-refractivity contribution >= 4 is 5.97 Å². The van der Waals surface area contributed by atoms with Gasteiger partial charge in [0.15, 0.2) is 0 Å². The van der Waals surface area contributed by atoms with Gasteiger partial charge in [0.25, 0.3) is 0 Å². The van der Waals surface area contributed by atoms with Crippen LogP contribution in [-0.2, 0) is 11.2 Å². The van der Waals surface area contributed by atoms with Gasteiger partial charge in [-0.1, -0.05) is 75.1 Å². The quantitative estimate of drug-likeness (QED) is 0.326. The first-order valence-electron chi connectivity index (χ1n) is 9.84. The lowest BCUT2D eigenvalue weighted by Gasteiger charge is -2.29. The van der Waals surface area contributed by atoms with Crippen molar-refractivity contribution < 1.29 is 9.90 Å². The molecule has 0 spiro atoms. The number of allylic oxidation sites excluding steroid dienone is 3. The molecule has 1 aliphatic rings. The molecule has 1 fully saturated rings. The Morgan fingerprint density at radius 3 is 2.44 bits per heavy atom. The van der Waals surface area contributed by atoms with E-state index in [1.54, 1.807) is 12.2 Å². The topological polar surface area (TPSA) is 37.3 Å². The molecule has 0 radical (unpaired) electrons. The summed E-state index contributed by atoms with van der Waals surface area (Å²) in [6, 6.07) is 9.01. The number of carbonyl (C=O) groups is 1. The number of aliphatic carboxylic acids is 1. The van der Waals surface area contributed by atoms with Crippen LogP contribution in [0.3, 0.4) is 0 Å². The van der Waals surface area contributed by atoms with Crippen LogP contribution in [0.2, 0.25) is 0 Å². The summed E-state index contributed by atoms with van der Waals surface area (Å²) in [4.78, 5) is 10.4. The molecule has 0 unspecified atom stereocenters. The summed E-state index contributed by atoms with van der Waals surface area (Å²) in [5, 5.41) is 8.53. The molecule has 1 aliphatic carbocycles. The lowest BCUT2D eigenvalue weighted by molar-refractivity contribution is -0.131. The lowest BCUT2D eigenvalue weighted by Crippen LogP contribution is -2.13. The molecular formula is C23H32O2. The van der Waals surface area contributed by atoms with Crippen molar-refractivity contribution in [1.82, 2.24) is 0 Å². The van der Waals surface area contributed by atoms with Crippen LogP contribution in [0.15, 0.2) is 48.6 Å². The molecule has 0 aliphatic heterocycles. The number of rotatable bonds is 9. The van der Waals surface area contributed by atoms with Crippen LogP contribution in [0.4, 0.5) is 0 Å². The summed E-state index contributed by atoms with van der Waals surface area (Å²) in [6.45, 7) is 2.28. The van der Waals surface area contributed by atoms with Gasteiger partial charge in [-0.3, -0.25) is 0 Å². The summed E-state index contributed by atoms with van der Waals surface area (Å²) in [5.74, 6) is 0.797. The van der Waals surface area contributed by atoms with Crippen molar-refractivity contribution in [1.29, 1.82) is 0 Å². The Balaban J connectivity index is 1.76. The highest BCUT2D eigenvalue weighted by molar-refractivity contribution is 5.80. The minimum atomic E-state index is -0.908. The molecule has 25 heavy (non-hydrogen) atoms. The number of carboxylic acid groups (broad SMARTS) is 1. The second-order valence-corrected chi connectivity index (χ2v) is 7.28. The summed E-state index contributed by atoms with van der Waals surface area (Å²) in [6.07, 6.45) is 18.4.